The molecule has 18 heavy (non-hydrogen) atoms. The van der Waals surface area contributed by atoms with Gasteiger partial charge in [0.1, 0.15) is 0 Å². The van der Waals surface area contributed by atoms with Gasteiger partial charge in [0.05, 0.1) is 0 Å². The summed E-state index contributed by atoms with van der Waals surface area (Å²) in [5, 5.41) is 0. The normalized spacial score (nSPS) is 30.9. The van der Waals surface area contributed by atoms with Crippen LogP contribution in [0, 0.1) is 11.8 Å². The third-order valence-electron chi connectivity index (χ3n) is 4.91. The Morgan fingerprint density at radius 3 is 2.61 bits per heavy atom. The number of benzene rings is 1. The van der Waals surface area contributed by atoms with Crippen molar-refractivity contribution in [1.29, 1.82) is 0 Å². The second kappa shape index (κ2) is 5.05. The van der Waals surface area contributed by atoms with Crippen molar-refractivity contribution in [3.05, 3.63) is 35.4 Å². The molecule has 0 radical (unpaired) electrons. The average molecular weight is 243 g/mol. The second-order valence-corrected chi connectivity index (χ2v) is 6.50. The molecule has 4 rings (SSSR count). The number of hydrogen-bond donors (Lipinski definition) is 0. The minimum Gasteiger partial charge on any atom is -0.303 e. The quantitative estimate of drug-likeness (QED) is 0.782. The fourth-order valence-corrected chi connectivity index (χ4v) is 3.70. The zero-order valence-electron chi connectivity index (χ0n) is 11.7. The first-order valence-electron chi connectivity index (χ1n) is 7.53. The van der Waals surface area contributed by atoms with Gasteiger partial charge in [0.2, 0.25) is 0 Å². The summed E-state index contributed by atoms with van der Waals surface area (Å²) < 4.78 is 0. The molecule has 0 aliphatic carbocycles. The van der Waals surface area contributed by atoms with Crippen molar-refractivity contribution in [2.45, 2.75) is 39.0 Å². The lowest BCUT2D eigenvalue weighted by molar-refractivity contribution is 0.0512. The van der Waals surface area contributed by atoms with E-state index in [-0.39, 0.29) is 0 Å². The van der Waals surface area contributed by atoms with Crippen molar-refractivity contribution in [1.82, 2.24) is 4.90 Å². The van der Waals surface area contributed by atoms with Crippen LogP contribution in [0.5, 0.6) is 0 Å². The molecule has 0 aromatic heterocycles. The molecule has 1 nitrogen and oxygen atoms in total. The third kappa shape index (κ3) is 2.47. The summed E-state index contributed by atoms with van der Waals surface area (Å²) in [7, 11) is 0. The van der Waals surface area contributed by atoms with Gasteiger partial charge in [0.25, 0.3) is 0 Å². The molecule has 98 valence electrons. The van der Waals surface area contributed by atoms with Gasteiger partial charge in [-0.15, -0.1) is 0 Å². The number of fused-ring (bicyclic) bond motifs is 3. The van der Waals surface area contributed by atoms with E-state index in [1.165, 1.54) is 44.5 Å². The molecule has 3 aliphatic heterocycles. The predicted molar refractivity (Wildman–Crippen MR) is 76.9 cm³/mol. The molecule has 1 unspecified atom stereocenters. The fraction of sp³-hybridized carbons (Fsp3) is 0.647. The van der Waals surface area contributed by atoms with Crippen LogP contribution in [0.2, 0.25) is 0 Å². The van der Waals surface area contributed by atoms with Crippen molar-refractivity contribution in [3.63, 3.8) is 0 Å². The van der Waals surface area contributed by atoms with Gasteiger partial charge < -0.3 is 4.90 Å². The summed E-state index contributed by atoms with van der Waals surface area (Å²) in [5.41, 5.74) is 3.05. The van der Waals surface area contributed by atoms with Crippen LogP contribution in [0.4, 0.5) is 0 Å². The number of nitrogens with zero attached hydrogens (tertiary/aromatic N) is 1. The van der Waals surface area contributed by atoms with E-state index in [0.717, 1.165) is 11.8 Å². The second-order valence-electron chi connectivity index (χ2n) is 6.50. The third-order valence-corrected chi connectivity index (χ3v) is 4.91. The van der Waals surface area contributed by atoms with Crippen molar-refractivity contribution in [2.24, 2.45) is 11.8 Å². The smallest absolute Gasteiger partial charge is 0.00155 e. The Morgan fingerprint density at radius 2 is 2.00 bits per heavy atom. The number of rotatable bonds is 3. The van der Waals surface area contributed by atoms with Crippen LogP contribution in [0.15, 0.2) is 24.3 Å². The van der Waals surface area contributed by atoms with Crippen molar-refractivity contribution in [3.8, 4) is 0 Å². The van der Waals surface area contributed by atoms with E-state index >= 15 is 0 Å². The molecule has 3 fully saturated rings. The zero-order chi connectivity index (χ0) is 12.5. The van der Waals surface area contributed by atoms with E-state index in [2.05, 4.69) is 43.0 Å². The first-order valence-corrected chi connectivity index (χ1v) is 7.53. The molecule has 0 N–H and O–H groups in total. The number of hydrogen-bond acceptors (Lipinski definition) is 1. The lowest BCUT2D eigenvalue weighted by atomic mass is 9.76. The van der Waals surface area contributed by atoms with Crippen LogP contribution in [0.25, 0.3) is 0 Å². The Labute approximate surface area is 111 Å². The standard InChI is InChI=1S/C17H25N/c1-13(2)16-5-3-4-14(10-16)11-17-12-18-8-6-15(17)7-9-18/h3-5,10,13,15,17H,6-9,11-12H2,1-2H3. The summed E-state index contributed by atoms with van der Waals surface area (Å²) in [4.78, 5) is 2.66. The number of piperidine rings is 3. The summed E-state index contributed by atoms with van der Waals surface area (Å²) in [6.45, 7) is 8.62. The van der Waals surface area contributed by atoms with E-state index in [0.29, 0.717) is 5.92 Å². The van der Waals surface area contributed by atoms with Crippen LogP contribution in [-0.4, -0.2) is 24.5 Å². The maximum atomic E-state index is 2.66. The molecule has 1 atom stereocenters. The molecular formula is C17H25N. The maximum absolute atomic E-state index is 2.66. The van der Waals surface area contributed by atoms with E-state index in [9.17, 15) is 0 Å². The molecule has 2 bridgehead atoms. The molecule has 1 heteroatoms. The van der Waals surface area contributed by atoms with Gasteiger partial charge in [-0.05, 0) is 61.2 Å². The molecule has 1 aromatic carbocycles. The van der Waals surface area contributed by atoms with Crippen molar-refractivity contribution < 1.29 is 0 Å². The summed E-state index contributed by atoms with van der Waals surface area (Å²) >= 11 is 0. The largest absolute Gasteiger partial charge is 0.303 e. The van der Waals surface area contributed by atoms with E-state index in [1.54, 1.807) is 5.56 Å². The van der Waals surface area contributed by atoms with Crippen LogP contribution in [-0.2, 0) is 6.42 Å². The van der Waals surface area contributed by atoms with Crippen LogP contribution >= 0.6 is 0 Å². The average Bonchev–Trinajstić information content (AvgIpc) is 2.40. The molecule has 0 spiro atoms. The van der Waals surface area contributed by atoms with Crippen molar-refractivity contribution in [2.75, 3.05) is 19.6 Å². The topological polar surface area (TPSA) is 3.24 Å². The minimum atomic E-state index is 0.650. The molecule has 3 saturated heterocycles. The van der Waals surface area contributed by atoms with Crippen LogP contribution in [0.3, 0.4) is 0 Å². The highest BCUT2D eigenvalue weighted by molar-refractivity contribution is 5.26. The van der Waals surface area contributed by atoms with E-state index < -0.39 is 0 Å². The predicted octanol–water partition coefficient (Wildman–Crippen LogP) is 3.69. The maximum Gasteiger partial charge on any atom is 0.00155 e. The molecule has 3 heterocycles. The van der Waals surface area contributed by atoms with Gasteiger partial charge in [-0.1, -0.05) is 38.1 Å². The Kier molecular flexibility index (Phi) is 3.43. The summed E-state index contributed by atoms with van der Waals surface area (Å²) in [6, 6.07) is 9.27. The van der Waals surface area contributed by atoms with Gasteiger partial charge in [0.15, 0.2) is 0 Å². The molecule has 0 saturated carbocycles. The van der Waals surface area contributed by atoms with E-state index in [1.807, 2.05) is 0 Å². The summed E-state index contributed by atoms with van der Waals surface area (Å²) in [5.74, 6) is 2.56. The van der Waals surface area contributed by atoms with E-state index in [4.69, 9.17) is 0 Å². The van der Waals surface area contributed by atoms with Gasteiger partial charge >= 0.3 is 0 Å². The Morgan fingerprint density at radius 1 is 1.22 bits per heavy atom. The molecule has 3 aliphatic rings. The molecular weight excluding hydrogens is 218 g/mol. The highest BCUT2D eigenvalue weighted by Gasteiger charge is 2.33. The van der Waals surface area contributed by atoms with Gasteiger partial charge in [-0.3, -0.25) is 0 Å². The molecule has 0 amide bonds. The minimum absolute atomic E-state index is 0.650. The van der Waals surface area contributed by atoms with Crippen LogP contribution < -0.4 is 0 Å². The lowest BCUT2D eigenvalue weighted by Gasteiger charge is -2.45. The Bertz CT molecular complexity index is 402. The first kappa shape index (κ1) is 12.2. The Hall–Kier alpha value is -0.820. The molecule has 1 aromatic rings. The zero-order valence-corrected chi connectivity index (χ0v) is 11.7. The van der Waals surface area contributed by atoms with Gasteiger partial charge in [0, 0.05) is 6.54 Å². The van der Waals surface area contributed by atoms with Gasteiger partial charge in [-0.25, -0.2) is 0 Å². The van der Waals surface area contributed by atoms with Crippen molar-refractivity contribution >= 4 is 0 Å². The highest BCUT2D eigenvalue weighted by atomic mass is 15.1. The monoisotopic (exact) mass is 243 g/mol. The fourth-order valence-electron chi connectivity index (χ4n) is 3.70. The SMILES string of the molecule is CC(C)c1cccc(CC2CN3CCC2CC3)c1. The highest BCUT2D eigenvalue weighted by Crippen LogP contribution is 2.34. The lowest BCUT2D eigenvalue weighted by Crippen LogP contribution is -2.48. The van der Waals surface area contributed by atoms with Crippen LogP contribution in [0.1, 0.15) is 43.7 Å². The first-order chi connectivity index (χ1) is 8.72. The summed E-state index contributed by atoms with van der Waals surface area (Å²) in [6.07, 6.45) is 4.17. The Balaban J connectivity index is 1.71. The van der Waals surface area contributed by atoms with Gasteiger partial charge in [-0.2, -0.15) is 0 Å².